The number of carbonyl (C=O) groups excluding carboxylic acids is 2. The highest BCUT2D eigenvalue weighted by molar-refractivity contribution is 7.98. The van der Waals surface area contributed by atoms with Gasteiger partial charge < -0.3 is 24.4 Å². The van der Waals surface area contributed by atoms with E-state index in [0.29, 0.717) is 12.2 Å². The van der Waals surface area contributed by atoms with Crippen LogP contribution >= 0.6 is 11.8 Å². The molecule has 0 spiro atoms. The first kappa shape index (κ1) is 26.3. The largest absolute Gasteiger partial charge is 0.497 e. The van der Waals surface area contributed by atoms with Gasteiger partial charge in [0.15, 0.2) is 6.10 Å². The van der Waals surface area contributed by atoms with Gasteiger partial charge in [-0.1, -0.05) is 13.8 Å². The zero-order valence-corrected chi connectivity index (χ0v) is 21.2. The van der Waals surface area contributed by atoms with E-state index in [1.807, 2.05) is 51.3 Å². The number of alkyl carbamates (subject to hydrolysis) is 1. The number of benzene rings is 1. The van der Waals surface area contributed by atoms with Gasteiger partial charge in [-0.15, -0.1) is 0 Å². The summed E-state index contributed by atoms with van der Waals surface area (Å²) >= 11 is 1.70. The molecule has 32 heavy (non-hydrogen) atoms. The smallest absolute Gasteiger partial charge is 0.407 e. The fourth-order valence-corrected chi connectivity index (χ4v) is 4.27. The predicted molar refractivity (Wildman–Crippen MR) is 130 cm³/mol. The van der Waals surface area contributed by atoms with E-state index in [4.69, 9.17) is 14.2 Å². The molecule has 180 valence electrons. The minimum Gasteiger partial charge on any atom is -0.497 e. The van der Waals surface area contributed by atoms with Gasteiger partial charge in [-0.2, -0.15) is 11.8 Å². The number of carbonyl (C=O) groups is 2. The van der Waals surface area contributed by atoms with Crippen LogP contribution in [0.2, 0.25) is 0 Å². The van der Waals surface area contributed by atoms with Gasteiger partial charge >= 0.3 is 6.09 Å². The van der Waals surface area contributed by atoms with Gasteiger partial charge in [0.05, 0.1) is 25.3 Å². The van der Waals surface area contributed by atoms with Crippen molar-refractivity contribution in [1.29, 1.82) is 0 Å². The number of β-lactam (4-membered cyclic amide) rings is 1. The molecule has 0 aliphatic carbocycles. The lowest BCUT2D eigenvalue weighted by molar-refractivity contribution is -0.149. The van der Waals surface area contributed by atoms with Crippen LogP contribution in [0.1, 0.15) is 53.9 Å². The summed E-state index contributed by atoms with van der Waals surface area (Å²) in [6.45, 7) is 9.60. The van der Waals surface area contributed by atoms with Crippen LogP contribution in [0.25, 0.3) is 0 Å². The summed E-state index contributed by atoms with van der Waals surface area (Å²) in [5, 5.41) is 3.02. The van der Waals surface area contributed by atoms with E-state index in [1.54, 1.807) is 23.8 Å². The lowest BCUT2D eigenvalue weighted by Crippen LogP contribution is -2.73. The first-order chi connectivity index (χ1) is 15.1. The molecule has 3 atom stereocenters. The third-order valence-electron chi connectivity index (χ3n) is 5.44. The SMILES string of the molecule is CCC(CC)O[C@@H]1C(=O)N(c2ccc(OC)cc2)[C@@H]1[C@H](CCSC)NC(=O)OC(C)(C)C. The number of thioether (sulfide) groups is 1. The number of nitrogens with one attached hydrogen (secondary N) is 1. The van der Waals surface area contributed by atoms with Crippen LogP contribution in [0.4, 0.5) is 10.5 Å². The normalized spacial score (nSPS) is 19.5. The summed E-state index contributed by atoms with van der Waals surface area (Å²) in [6, 6.07) is 6.74. The van der Waals surface area contributed by atoms with E-state index in [9.17, 15) is 9.59 Å². The van der Waals surface area contributed by atoms with Crippen molar-refractivity contribution in [2.75, 3.05) is 24.0 Å². The van der Waals surface area contributed by atoms with Crippen molar-refractivity contribution in [3.63, 3.8) is 0 Å². The Hall–Kier alpha value is -1.93. The summed E-state index contributed by atoms with van der Waals surface area (Å²) in [6.07, 6.45) is 3.26. The number of anilines is 1. The second kappa shape index (κ2) is 11.8. The Balaban J connectivity index is 2.34. The minimum atomic E-state index is -0.608. The van der Waals surface area contributed by atoms with Crippen molar-refractivity contribution in [3.05, 3.63) is 24.3 Å². The molecular weight excluding hydrogens is 428 g/mol. The maximum Gasteiger partial charge on any atom is 0.407 e. The van der Waals surface area contributed by atoms with Crippen LogP contribution < -0.4 is 15.0 Å². The van der Waals surface area contributed by atoms with Crippen molar-refractivity contribution in [3.8, 4) is 5.75 Å². The van der Waals surface area contributed by atoms with Crippen molar-refractivity contribution < 1.29 is 23.8 Å². The summed E-state index contributed by atoms with van der Waals surface area (Å²) in [5.41, 5.74) is 0.148. The van der Waals surface area contributed by atoms with Crippen LogP contribution in [0.5, 0.6) is 5.75 Å². The lowest BCUT2D eigenvalue weighted by Gasteiger charge is -2.51. The minimum absolute atomic E-state index is 0.00723. The fraction of sp³-hybridized carbons (Fsp3) is 0.667. The predicted octanol–water partition coefficient (Wildman–Crippen LogP) is 4.63. The molecule has 0 bridgehead atoms. The highest BCUT2D eigenvalue weighted by Gasteiger charge is 2.53. The number of hydrogen-bond donors (Lipinski definition) is 1. The standard InChI is InChI=1S/C24H38N2O5S/c1-8-17(9-2)30-21-20(19(14-15-32-7)25-23(28)31-24(3,4)5)26(22(21)27)16-10-12-18(29-6)13-11-16/h10-13,17,19-21H,8-9,14-15H2,1-7H3,(H,25,28)/t19-,20+,21-/m0/s1. The maximum atomic E-state index is 13.2. The molecule has 2 amide bonds. The van der Waals surface area contributed by atoms with Gasteiger partial charge in [0, 0.05) is 5.69 Å². The zero-order valence-electron chi connectivity index (χ0n) is 20.3. The van der Waals surface area contributed by atoms with E-state index < -0.39 is 17.8 Å². The molecule has 1 saturated heterocycles. The quantitative estimate of drug-likeness (QED) is 0.479. The molecule has 1 fully saturated rings. The van der Waals surface area contributed by atoms with Gasteiger partial charge in [-0.05, 0) is 76.3 Å². The molecule has 0 unspecified atom stereocenters. The van der Waals surface area contributed by atoms with Crippen LogP contribution in [0.15, 0.2) is 24.3 Å². The van der Waals surface area contributed by atoms with Gasteiger partial charge in [0.25, 0.3) is 5.91 Å². The Labute approximate surface area is 196 Å². The van der Waals surface area contributed by atoms with E-state index in [1.165, 1.54) is 0 Å². The molecule has 1 N–H and O–H groups in total. The average molecular weight is 467 g/mol. The molecule has 7 nitrogen and oxygen atoms in total. The molecule has 2 rings (SSSR count). The third-order valence-corrected chi connectivity index (χ3v) is 6.08. The van der Waals surface area contributed by atoms with Gasteiger partial charge in [-0.3, -0.25) is 4.79 Å². The average Bonchev–Trinajstić information content (AvgIpc) is 2.74. The van der Waals surface area contributed by atoms with Crippen molar-refractivity contribution in [2.45, 2.75) is 83.8 Å². The molecule has 1 heterocycles. The second-order valence-electron chi connectivity index (χ2n) is 8.93. The number of amides is 2. The number of methoxy groups -OCH3 is 1. The Bertz CT molecular complexity index is 746. The molecular formula is C24H38N2O5S. The summed E-state index contributed by atoms with van der Waals surface area (Å²) < 4.78 is 17.0. The molecule has 0 saturated carbocycles. The van der Waals surface area contributed by atoms with E-state index in [0.717, 1.165) is 24.3 Å². The highest BCUT2D eigenvalue weighted by Crippen LogP contribution is 2.35. The van der Waals surface area contributed by atoms with Crippen LogP contribution in [-0.2, 0) is 14.3 Å². The molecule has 1 aromatic carbocycles. The van der Waals surface area contributed by atoms with Gasteiger partial charge in [0.2, 0.25) is 0 Å². The lowest BCUT2D eigenvalue weighted by atomic mass is 9.88. The second-order valence-corrected chi connectivity index (χ2v) is 9.91. The molecule has 0 aromatic heterocycles. The number of rotatable bonds is 11. The first-order valence-electron chi connectivity index (χ1n) is 11.3. The summed E-state index contributed by atoms with van der Waals surface area (Å²) in [5.74, 6) is 1.46. The van der Waals surface area contributed by atoms with Crippen LogP contribution in [-0.4, -0.2) is 61.0 Å². The Morgan fingerprint density at radius 3 is 2.31 bits per heavy atom. The zero-order chi connectivity index (χ0) is 23.9. The fourth-order valence-electron chi connectivity index (χ4n) is 3.78. The van der Waals surface area contributed by atoms with E-state index in [2.05, 4.69) is 19.2 Å². The molecule has 1 aliphatic heterocycles. The van der Waals surface area contributed by atoms with Crippen molar-refractivity contribution in [1.82, 2.24) is 5.32 Å². The number of nitrogens with zero attached hydrogens (tertiary/aromatic N) is 1. The number of hydrogen-bond acceptors (Lipinski definition) is 6. The first-order valence-corrected chi connectivity index (χ1v) is 12.7. The number of ether oxygens (including phenoxy) is 3. The van der Waals surface area contributed by atoms with Crippen molar-refractivity contribution >= 4 is 29.4 Å². The Morgan fingerprint density at radius 2 is 1.81 bits per heavy atom. The molecule has 1 aromatic rings. The summed E-state index contributed by atoms with van der Waals surface area (Å²) in [4.78, 5) is 27.6. The van der Waals surface area contributed by atoms with Crippen LogP contribution in [0, 0.1) is 0 Å². The topological polar surface area (TPSA) is 77.1 Å². The van der Waals surface area contributed by atoms with E-state index in [-0.39, 0.29) is 24.1 Å². The van der Waals surface area contributed by atoms with Crippen LogP contribution in [0.3, 0.4) is 0 Å². The van der Waals surface area contributed by atoms with Gasteiger partial charge in [0.1, 0.15) is 11.4 Å². The van der Waals surface area contributed by atoms with Gasteiger partial charge in [-0.25, -0.2) is 4.79 Å². The molecule has 1 aliphatic rings. The Kier molecular flexibility index (Phi) is 9.70. The van der Waals surface area contributed by atoms with E-state index >= 15 is 0 Å². The Morgan fingerprint density at radius 1 is 1.19 bits per heavy atom. The summed E-state index contributed by atoms with van der Waals surface area (Å²) in [7, 11) is 1.61. The third kappa shape index (κ3) is 6.78. The monoisotopic (exact) mass is 466 g/mol. The highest BCUT2D eigenvalue weighted by atomic mass is 32.2. The maximum absolute atomic E-state index is 13.2. The molecule has 8 heteroatoms. The van der Waals surface area contributed by atoms with Crippen molar-refractivity contribution in [2.24, 2.45) is 0 Å². The molecule has 0 radical (unpaired) electrons.